The lowest BCUT2D eigenvalue weighted by molar-refractivity contribution is -0.150. The van der Waals surface area contributed by atoms with Gasteiger partial charge in [0.25, 0.3) is 0 Å². The molecule has 5 nitrogen and oxygen atoms in total. The Balaban J connectivity index is 1.76. The Morgan fingerprint density at radius 3 is 2.37 bits per heavy atom. The van der Waals surface area contributed by atoms with Crippen molar-refractivity contribution in [3.05, 3.63) is 68.5 Å². The van der Waals surface area contributed by atoms with Crippen molar-refractivity contribution < 1.29 is 45.7 Å². The summed E-state index contributed by atoms with van der Waals surface area (Å²) in [4.78, 5) is 16.0. The summed E-state index contributed by atoms with van der Waals surface area (Å²) in [7, 11) is 0. The molecule has 0 bridgehead atoms. The third-order valence-electron chi connectivity index (χ3n) is 5.92. The smallest absolute Gasteiger partial charge is 0.419 e. The van der Waals surface area contributed by atoms with E-state index < -0.39 is 52.4 Å². The third-order valence-corrected chi connectivity index (χ3v) is 7.16. The number of carboxylic acid groups (broad SMARTS) is 1. The number of aliphatic carboxylic acids is 1. The predicted molar refractivity (Wildman–Crippen MR) is 129 cm³/mol. The van der Waals surface area contributed by atoms with Crippen LogP contribution in [0.5, 0.6) is 5.75 Å². The molecule has 1 unspecified atom stereocenters. The fraction of sp³-hybridized carbons (Fsp3) is 0.385. The molecule has 1 aromatic heterocycles. The fourth-order valence-corrected chi connectivity index (χ4v) is 5.13. The Hall–Kier alpha value is -3.12. The molecule has 12 heteroatoms. The number of carbonyl (C=O) groups is 1. The minimum atomic E-state index is -5.22. The van der Waals surface area contributed by atoms with Gasteiger partial charge in [-0.3, -0.25) is 0 Å². The van der Waals surface area contributed by atoms with Crippen molar-refractivity contribution in [2.75, 3.05) is 13.2 Å². The SMILES string of the molecule is CCOC(Cc1ccc(OCCc2sc(-c3c(C)c(C(F)(F)F)c(F)c(F)c3F)nc2C)cc1C)C(=O)O. The van der Waals surface area contributed by atoms with Crippen molar-refractivity contribution in [2.24, 2.45) is 0 Å². The van der Waals surface area contributed by atoms with E-state index in [9.17, 15) is 36.2 Å². The summed E-state index contributed by atoms with van der Waals surface area (Å²) in [5, 5.41) is 9.08. The minimum absolute atomic E-state index is 0.144. The predicted octanol–water partition coefficient (Wildman–Crippen LogP) is 6.83. The van der Waals surface area contributed by atoms with E-state index >= 15 is 0 Å². The highest BCUT2D eigenvalue weighted by atomic mass is 32.1. The molecule has 2 aromatic carbocycles. The van der Waals surface area contributed by atoms with Gasteiger partial charge in [0.05, 0.1) is 23.4 Å². The topological polar surface area (TPSA) is 68.7 Å². The van der Waals surface area contributed by atoms with Gasteiger partial charge in [-0.2, -0.15) is 13.2 Å². The number of benzene rings is 2. The van der Waals surface area contributed by atoms with E-state index in [1.807, 2.05) is 0 Å². The summed E-state index contributed by atoms with van der Waals surface area (Å²) < 4.78 is 93.5. The Kier molecular flexibility index (Phi) is 9.09. The zero-order valence-corrected chi connectivity index (χ0v) is 21.7. The molecule has 38 heavy (non-hydrogen) atoms. The largest absolute Gasteiger partial charge is 0.493 e. The summed E-state index contributed by atoms with van der Waals surface area (Å²) in [6.45, 7) is 6.38. The van der Waals surface area contributed by atoms with Crippen LogP contribution in [0.2, 0.25) is 0 Å². The third kappa shape index (κ3) is 6.29. The second-order valence-electron chi connectivity index (χ2n) is 8.52. The summed E-state index contributed by atoms with van der Waals surface area (Å²) in [6, 6.07) is 5.16. The molecule has 1 atom stereocenters. The van der Waals surface area contributed by atoms with Crippen LogP contribution in [-0.2, 0) is 28.5 Å². The van der Waals surface area contributed by atoms with Crippen LogP contribution < -0.4 is 4.74 Å². The van der Waals surface area contributed by atoms with Crippen molar-refractivity contribution >= 4 is 17.3 Å². The average Bonchev–Trinajstić information content (AvgIpc) is 3.17. The minimum Gasteiger partial charge on any atom is -0.493 e. The first-order valence-corrected chi connectivity index (χ1v) is 12.3. The number of aromatic nitrogens is 1. The number of halogens is 6. The number of nitrogens with zero attached hydrogens (tertiary/aromatic N) is 1. The Morgan fingerprint density at radius 1 is 1.11 bits per heavy atom. The van der Waals surface area contributed by atoms with Crippen molar-refractivity contribution in [2.45, 2.75) is 52.8 Å². The van der Waals surface area contributed by atoms with Crippen LogP contribution in [0.3, 0.4) is 0 Å². The Labute approximate surface area is 219 Å². The Bertz CT molecular complexity index is 1340. The van der Waals surface area contributed by atoms with Crippen molar-refractivity contribution in [1.82, 2.24) is 4.98 Å². The van der Waals surface area contributed by atoms with Crippen LogP contribution in [0.25, 0.3) is 10.6 Å². The zero-order valence-electron chi connectivity index (χ0n) is 20.9. The lowest BCUT2D eigenvalue weighted by Crippen LogP contribution is -2.26. The average molecular weight is 562 g/mol. The van der Waals surface area contributed by atoms with Gasteiger partial charge in [0.2, 0.25) is 0 Å². The molecule has 1 heterocycles. The maximum absolute atomic E-state index is 14.5. The zero-order chi connectivity index (χ0) is 28.4. The first-order chi connectivity index (χ1) is 17.8. The van der Waals surface area contributed by atoms with E-state index in [2.05, 4.69) is 4.98 Å². The van der Waals surface area contributed by atoms with E-state index in [0.29, 0.717) is 16.3 Å². The van der Waals surface area contributed by atoms with Gasteiger partial charge < -0.3 is 14.6 Å². The number of rotatable bonds is 10. The van der Waals surface area contributed by atoms with Crippen LogP contribution in [-0.4, -0.2) is 35.4 Å². The van der Waals surface area contributed by atoms with Gasteiger partial charge >= 0.3 is 12.1 Å². The second-order valence-corrected chi connectivity index (χ2v) is 9.60. The van der Waals surface area contributed by atoms with Gasteiger partial charge in [-0.05, 0) is 56.5 Å². The quantitative estimate of drug-likeness (QED) is 0.217. The molecule has 1 N–H and O–H groups in total. The maximum Gasteiger partial charge on any atom is 0.419 e. The molecule has 3 rings (SSSR count). The van der Waals surface area contributed by atoms with Gasteiger partial charge in [0.15, 0.2) is 23.6 Å². The molecular weight excluding hydrogens is 536 g/mol. The standard InChI is InChI=1S/C26H25F6NO4S/c1-5-36-17(25(34)35)11-15-6-7-16(10-12(15)2)37-9-8-18-14(4)33-24(38-18)19-13(3)20(26(30,31)32)22(28)23(29)21(19)27/h6-7,10,17H,5,8-9,11H2,1-4H3,(H,34,35). The number of hydrogen-bond acceptors (Lipinski definition) is 5. The summed E-state index contributed by atoms with van der Waals surface area (Å²) >= 11 is 0.873. The van der Waals surface area contributed by atoms with Crippen LogP contribution in [0, 0.1) is 38.2 Å². The number of hydrogen-bond donors (Lipinski definition) is 1. The van der Waals surface area contributed by atoms with Crippen LogP contribution in [0.15, 0.2) is 18.2 Å². The summed E-state index contributed by atoms with van der Waals surface area (Å²) in [5.41, 5.74) is -1.39. The Morgan fingerprint density at radius 2 is 1.79 bits per heavy atom. The second kappa shape index (κ2) is 11.7. The van der Waals surface area contributed by atoms with Crippen LogP contribution in [0.4, 0.5) is 26.3 Å². The molecule has 0 aliphatic heterocycles. The van der Waals surface area contributed by atoms with E-state index in [4.69, 9.17) is 9.47 Å². The molecule has 0 saturated carbocycles. The number of aryl methyl sites for hydroxylation is 2. The van der Waals surface area contributed by atoms with Crippen molar-refractivity contribution in [3.8, 4) is 16.3 Å². The number of ether oxygens (including phenoxy) is 2. The molecule has 0 aliphatic carbocycles. The maximum atomic E-state index is 14.5. The number of carboxylic acids is 1. The highest BCUT2D eigenvalue weighted by molar-refractivity contribution is 7.15. The van der Waals surface area contributed by atoms with Gasteiger partial charge in [-0.15, -0.1) is 11.3 Å². The van der Waals surface area contributed by atoms with Crippen molar-refractivity contribution in [3.63, 3.8) is 0 Å². The monoisotopic (exact) mass is 561 g/mol. The lowest BCUT2D eigenvalue weighted by Gasteiger charge is -2.15. The molecule has 0 spiro atoms. The number of alkyl halides is 3. The molecular formula is C26H25F6NO4S. The van der Waals surface area contributed by atoms with E-state index in [-0.39, 0.29) is 31.1 Å². The highest BCUT2D eigenvalue weighted by Crippen LogP contribution is 2.42. The molecule has 0 radical (unpaired) electrons. The summed E-state index contributed by atoms with van der Waals surface area (Å²) in [6.07, 6.45) is -5.73. The normalized spacial score (nSPS) is 12.6. The van der Waals surface area contributed by atoms with E-state index in [1.54, 1.807) is 39.0 Å². The first kappa shape index (κ1) is 29.4. The lowest BCUT2D eigenvalue weighted by atomic mass is 10.00. The molecule has 3 aromatic rings. The van der Waals surface area contributed by atoms with Gasteiger partial charge in [0.1, 0.15) is 10.8 Å². The fourth-order valence-electron chi connectivity index (χ4n) is 4.00. The van der Waals surface area contributed by atoms with Crippen molar-refractivity contribution in [1.29, 1.82) is 0 Å². The molecule has 206 valence electrons. The molecule has 0 amide bonds. The van der Waals surface area contributed by atoms with Gasteiger partial charge in [-0.1, -0.05) is 6.07 Å². The highest BCUT2D eigenvalue weighted by Gasteiger charge is 2.40. The van der Waals surface area contributed by atoms with Gasteiger partial charge in [-0.25, -0.2) is 22.9 Å². The van der Waals surface area contributed by atoms with Gasteiger partial charge in [0, 0.05) is 24.3 Å². The van der Waals surface area contributed by atoms with Crippen LogP contribution >= 0.6 is 11.3 Å². The van der Waals surface area contributed by atoms with Crippen LogP contribution in [0.1, 0.15) is 39.7 Å². The molecule has 0 saturated heterocycles. The molecule has 0 aliphatic rings. The summed E-state index contributed by atoms with van der Waals surface area (Å²) in [5.74, 6) is -6.76. The number of thiazole rings is 1. The first-order valence-electron chi connectivity index (χ1n) is 11.5. The van der Waals surface area contributed by atoms with E-state index in [0.717, 1.165) is 29.4 Å². The van der Waals surface area contributed by atoms with E-state index in [1.165, 1.54) is 0 Å². The molecule has 0 fully saturated rings.